The average Bonchev–Trinajstić information content (AvgIpc) is 3.00. The topological polar surface area (TPSA) is 75.3 Å². The largest absolute Gasteiger partial charge is 0.497 e. The normalized spacial score (nSPS) is 18.5. The van der Waals surface area contributed by atoms with Gasteiger partial charge >= 0.3 is 0 Å². The first kappa shape index (κ1) is 17.1. The molecule has 0 bridgehead atoms. The minimum Gasteiger partial charge on any atom is -0.497 e. The van der Waals surface area contributed by atoms with Crippen LogP contribution in [-0.2, 0) is 4.74 Å². The molecule has 1 saturated heterocycles. The van der Waals surface area contributed by atoms with Gasteiger partial charge in [-0.2, -0.15) is 5.10 Å². The summed E-state index contributed by atoms with van der Waals surface area (Å²) in [5.74, 6) is 0.828. The van der Waals surface area contributed by atoms with Crippen LogP contribution in [0, 0.1) is 13.8 Å². The monoisotopic (exact) mass is 355 g/mol. The summed E-state index contributed by atoms with van der Waals surface area (Å²) in [6.07, 6.45) is 0.158. The molecule has 138 valence electrons. The molecule has 0 amide bonds. The van der Waals surface area contributed by atoms with Gasteiger partial charge in [0, 0.05) is 30.7 Å². The molecule has 0 saturated carbocycles. The summed E-state index contributed by atoms with van der Waals surface area (Å²) in [5, 5.41) is 13.1. The molecule has 4 rings (SSSR count). The Bertz CT molecular complexity index is 952. The van der Waals surface area contributed by atoms with Crippen LogP contribution in [0.2, 0.25) is 0 Å². The van der Waals surface area contributed by atoms with Crippen molar-refractivity contribution in [2.75, 3.05) is 45.7 Å². The summed E-state index contributed by atoms with van der Waals surface area (Å²) in [6, 6.07) is 4.04. The third-order valence-corrected chi connectivity index (χ3v) is 5.02. The Morgan fingerprint density at radius 1 is 1.38 bits per heavy atom. The van der Waals surface area contributed by atoms with Crippen LogP contribution in [0.1, 0.15) is 11.3 Å². The van der Waals surface area contributed by atoms with E-state index in [1.54, 1.807) is 7.11 Å². The molecule has 1 aromatic carbocycles. The summed E-state index contributed by atoms with van der Waals surface area (Å²) in [7, 11) is 3.82. The molecule has 7 nitrogen and oxygen atoms in total. The Hall–Kier alpha value is -2.38. The number of pyridine rings is 1. The summed E-state index contributed by atoms with van der Waals surface area (Å²) < 4.78 is 11.4. The lowest BCUT2D eigenvalue weighted by Gasteiger charge is -2.30. The zero-order chi connectivity index (χ0) is 18.3. The van der Waals surface area contributed by atoms with Gasteiger partial charge in [-0.1, -0.05) is 0 Å². The number of anilines is 1. The number of rotatable bonds is 4. The third kappa shape index (κ3) is 2.97. The second-order valence-electron chi connectivity index (χ2n) is 7.01. The number of hydrogen-bond donors (Lipinski definition) is 2. The van der Waals surface area contributed by atoms with Gasteiger partial charge in [0.25, 0.3) is 0 Å². The number of nitrogens with one attached hydrogen (secondary N) is 2. The molecule has 7 heteroatoms. The van der Waals surface area contributed by atoms with Gasteiger partial charge in [-0.3, -0.25) is 5.10 Å². The van der Waals surface area contributed by atoms with Gasteiger partial charge in [-0.05, 0) is 38.6 Å². The number of aromatic amines is 1. The quantitative estimate of drug-likeness (QED) is 0.749. The third-order valence-electron chi connectivity index (χ3n) is 5.02. The van der Waals surface area contributed by atoms with Gasteiger partial charge in [-0.15, -0.1) is 0 Å². The highest BCUT2D eigenvalue weighted by Crippen LogP contribution is 2.35. The van der Waals surface area contributed by atoms with Crippen LogP contribution >= 0.6 is 0 Å². The molecule has 1 fully saturated rings. The van der Waals surface area contributed by atoms with E-state index in [2.05, 4.69) is 27.5 Å². The molecule has 1 aliphatic heterocycles. The summed E-state index contributed by atoms with van der Waals surface area (Å²) in [4.78, 5) is 7.06. The predicted octanol–water partition coefficient (Wildman–Crippen LogP) is 2.48. The molecule has 0 spiro atoms. The minimum absolute atomic E-state index is 0.158. The molecule has 1 aliphatic rings. The van der Waals surface area contributed by atoms with Crippen LogP contribution in [0.3, 0.4) is 0 Å². The van der Waals surface area contributed by atoms with Crippen LogP contribution in [0.5, 0.6) is 5.75 Å². The average molecular weight is 355 g/mol. The second kappa shape index (κ2) is 6.74. The highest BCUT2D eigenvalue weighted by atomic mass is 16.5. The Kier molecular flexibility index (Phi) is 4.42. The zero-order valence-electron chi connectivity index (χ0n) is 15.7. The van der Waals surface area contributed by atoms with Crippen molar-refractivity contribution >= 4 is 27.6 Å². The lowest BCUT2D eigenvalue weighted by molar-refractivity contribution is -0.0116. The van der Waals surface area contributed by atoms with Crippen molar-refractivity contribution in [3.63, 3.8) is 0 Å². The zero-order valence-corrected chi connectivity index (χ0v) is 15.7. The van der Waals surface area contributed by atoms with Gasteiger partial charge < -0.3 is 19.7 Å². The van der Waals surface area contributed by atoms with Crippen LogP contribution in [0.25, 0.3) is 21.9 Å². The summed E-state index contributed by atoms with van der Waals surface area (Å²) in [6.45, 7) is 7.48. The smallest absolute Gasteiger partial charge is 0.183 e. The van der Waals surface area contributed by atoms with Gasteiger partial charge in [0.2, 0.25) is 0 Å². The number of hydrogen-bond acceptors (Lipinski definition) is 6. The summed E-state index contributed by atoms with van der Waals surface area (Å²) in [5.41, 5.74) is 4.77. The van der Waals surface area contributed by atoms with E-state index in [9.17, 15) is 0 Å². The lowest BCUT2D eigenvalue weighted by Crippen LogP contribution is -2.43. The van der Waals surface area contributed by atoms with Crippen molar-refractivity contribution in [1.82, 2.24) is 20.1 Å². The summed E-state index contributed by atoms with van der Waals surface area (Å²) >= 11 is 0. The number of likely N-dealkylation sites (N-methyl/N-ethyl adjacent to an activating group) is 1. The van der Waals surface area contributed by atoms with E-state index in [0.717, 1.165) is 70.9 Å². The van der Waals surface area contributed by atoms with E-state index in [4.69, 9.17) is 14.5 Å². The van der Waals surface area contributed by atoms with Gasteiger partial charge in [0.1, 0.15) is 5.75 Å². The lowest BCUT2D eigenvalue weighted by atomic mass is 10.1. The van der Waals surface area contributed by atoms with Crippen molar-refractivity contribution in [2.24, 2.45) is 0 Å². The fourth-order valence-corrected chi connectivity index (χ4v) is 3.63. The number of H-pyrrole nitrogens is 1. The highest BCUT2D eigenvalue weighted by Gasteiger charge is 2.20. The number of methoxy groups -OCH3 is 1. The molecule has 2 N–H and O–H groups in total. The van der Waals surface area contributed by atoms with Crippen molar-refractivity contribution in [1.29, 1.82) is 0 Å². The molecular formula is C19H25N5O2. The molecule has 1 atom stereocenters. The molecule has 3 aromatic rings. The maximum Gasteiger partial charge on any atom is 0.183 e. The first-order valence-electron chi connectivity index (χ1n) is 8.94. The Labute approximate surface area is 152 Å². The van der Waals surface area contributed by atoms with Crippen LogP contribution in [0.4, 0.5) is 5.69 Å². The SMILES string of the molecule is COc1cc(C)c2nc3n[nH]c(C)c3c(NCC3CN(C)CCO3)c2c1. The number of benzene rings is 1. The van der Waals surface area contributed by atoms with E-state index < -0.39 is 0 Å². The molecular weight excluding hydrogens is 330 g/mol. The number of nitrogens with zero attached hydrogens (tertiary/aromatic N) is 3. The maximum absolute atomic E-state index is 5.91. The van der Waals surface area contributed by atoms with E-state index in [-0.39, 0.29) is 6.10 Å². The Balaban J connectivity index is 1.80. The van der Waals surface area contributed by atoms with Crippen LogP contribution in [-0.4, -0.2) is 66.6 Å². The first-order chi connectivity index (χ1) is 12.6. The molecule has 3 heterocycles. The van der Waals surface area contributed by atoms with Crippen LogP contribution in [0.15, 0.2) is 12.1 Å². The fraction of sp³-hybridized carbons (Fsp3) is 0.474. The van der Waals surface area contributed by atoms with Gasteiger partial charge in [0.15, 0.2) is 5.65 Å². The highest BCUT2D eigenvalue weighted by molar-refractivity contribution is 6.08. The standard InChI is InChI=1S/C19H25N5O2/c1-11-7-13(25-4)8-15-17(11)21-19-16(12(2)22-23-19)18(15)20-9-14-10-24(3)5-6-26-14/h7-8,14H,5-6,9-10H2,1-4H3,(H2,20,21,22,23). The molecule has 0 radical (unpaired) electrons. The molecule has 0 aliphatic carbocycles. The van der Waals surface area contributed by atoms with Crippen molar-refractivity contribution in [2.45, 2.75) is 20.0 Å². The van der Waals surface area contributed by atoms with Crippen molar-refractivity contribution in [3.05, 3.63) is 23.4 Å². The number of morpholine rings is 1. The number of aromatic nitrogens is 3. The number of ether oxygens (including phenoxy) is 2. The first-order valence-corrected chi connectivity index (χ1v) is 8.94. The van der Waals surface area contributed by atoms with E-state index in [1.807, 2.05) is 26.0 Å². The van der Waals surface area contributed by atoms with E-state index >= 15 is 0 Å². The minimum atomic E-state index is 0.158. The van der Waals surface area contributed by atoms with E-state index in [0.29, 0.717) is 0 Å². The fourth-order valence-electron chi connectivity index (χ4n) is 3.63. The number of fused-ring (bicyclic) bond motifs is 2. The van der Waals surface area contributed by atoms with Gasteiger partial charge in [-0.25, -0.2) is 4.98 Å². The Morgan fingerprint density at radius 3 is 3.00 bits per heavy atom. The molecule has 1 unspecified atom stereocenters. The van der Waals surface area contributed by atoms with Crippen molar-refractivity contribution in [3.8, 4) is 5.75 Å². The number of aryl methyl sites for hydroxylation is 2. The van der Waals surface area contributed by atoms with E-state index in [1.165, 1.54) is 0 Å². The Morgan fingerprint density at radius 2 is 2.23 bits per heavy atom. The molecule has 26 heavy (non-hydrogen) atoms. The molecule has 2 aromatic heterocycles. The predicted molar refractivity (Wildman–Crippen MR) is 103 cm³/mol. The van der Waals surface area contributed by atoms with Gasteiger partial charge in [0.05, 0.1) is 36.4 Å². The second-order valence-corrected chi connectivity index (χ2v) is 7.01. The van der Waals surface area contributed by atoms with Crippen LogP contribution < -0.4 is 10.1 Å². The maximum atomic E-state index is 5.91. The van der Waals surface area contributed by atoms with Crippen molar-refractivity contribution < 1.29 is 9.47 Å².